The van der Waals surface area contributed by atoms with E-state index >= 15 is 0 Å². The van der Waals surface area contributed by atoms with E-state index in [0.717, 1.165) is 24.2 Å². The van der Waals surface area contributed by atoms with E-state index in [9.17, 15) is 4.79 Å². The lowest BCUT2D eigenvalue weighted by Gasteiger charge is -2.18. The highest BCUT2D eigenvalue weighted by Crippen LogP contribution is 2.31. The van der Waals surface area contributed by atoms with Crippen molar-refractivity contribution in [2.75, 3.05) is 6.61 Å². The SMILES string of the molecule is CC(NC(=O)c1cnn2cc(CCO)cnc12)c1nncn1C1CCCC1. The van der Waals surface area contributed by atoms with Crippen LogP contribution in [0.5, 0.6) is 0 Å². The van der Waals surface area contributed by atoms with Crippen molar-refractivity contribution in [3.8, 4) is 0 Å². The molecule has 2 N–H and O–H groups in total. The zero-order chi connectivity index (χ0) is 18.8. The van der Waals surface area contributed by atoms with Crippen LogP contribution in [-0.4, -0.2) is 47.0 Å². The molecule has 27 heavy (non-hydrogen) atoms. The number of aliphatic hydroxyl groups excluding tert-OH is 1. The van der Waals surface area contributed by atoms with Gasteiger partial charge in [-0.2, -0.15) is 5.10 Å². The van der Waals surface area contributed by atoms with Gasteiger partial charge in [0.05, 0.1) is 12.2 Å². The van der Waals surface area contributed by atoms with Crippen molar-refractivity contribution in [2.45, 2.75) is 51.1 Å². The Bertz CT molecular complexity index is 942. The van der Waals surface area contributed by atoms with Gasteiger partial charge in [0, 0.05) is 25.0 Å². The van der Waals surface area contributed by atoms with Crippen molar-refractivity contribution in [1.29, 1.82) is 0 Å². The number of nitrogens with zero attached hydrogens (tertiary/aromatic N) is 6. The first-order valence-electron chi connectivity index (χ1n) is 9.30. The molecular formula is C18H23N7O2. The minimum absolute atomic E-state index is 0.0426. The molecular weight excluding hydrogens is 346 g/mol. The van der Waals surface area contributed by atoms with Gasteiger partial charge in [0.2, 0.25) is 0 Å². The lowest BCUT2D eigenvalue weighted by molar-refractivity contribution is 0.0938. The quantitative estimate of drug-likeness (QED) is 0.681. The molecule has 0 spiro atoms. The summed E-state index contributed by atoms with van der Waals surface area (Å²) in [7, 11) is 0. The smallest absolute Gasteiger partial charge is 0.257 e. The second-order valence-electron chi connectivity index (χ2n) is 6.99. The first kappa shape index (κ1) is 17.6. The lowest BCUT2D eigenvalue weighted by Crippen LogP contribution is -2.29. The molecule has 0 radical (unpaired) electrons. The third kappa shape index (κ3) is 3.42. The summed E-state index contributed by atoms with van der Waals surface area (Å²) in [6.07, 6.45) is 11.9. The molecule has 3 aromatic rings. The topological polar surface area (TPSA) is 110 Å². The number of amides is 1. The van der Waals surface area contributed by atoms with Gasteiger partial charge in [-0.25, -0.2) is 9.50 Å². The van der Waals surface area contributed by atoms with Crippen molar-refractivity contribution in [3.63, 3.8) is 0 Å². The standard InChI is InChI=1S/C18H23N7O2/c1-12(16-23-20-11-24(16)14-4-2-3-5-14)22-18(27)15-9-21-25-10-13(6-7-26)8-19-17(15)25/h8-12,14,26H,2-7H2,1H3,(H,22,27). The number of aliphatic hydroxyl groups is 1. The van der Waals surface area contributed by atoms with Crippen molar-refractivity contribution in [3.05, 3.63) is 41.9 Å². The van der Waals surface area contributed by atoms with Gasteiger partial charge in [0.1, 0.15) is 11.9 Å². The molecule has 1 fully saturated rings. The molecule has 0 aliphatic heterocycles. The molecule has 142 valence electrons. The molecule has 4 rings (SSSR count). The van der Waals surface area contributed by atoms with Crippen LogP contribution < -0.4 is 5.32 Å². The molecule has 1 aliphatic rings. The number of fused-ring (bicyclic) bond motifs is 1. The Morgan fingerprint density at radius 2 is 2.19 bits per heavy atom. The fourth-order valence-electron chi connectivity index (χ4n) is 3.70. The minimum atomic E-state index is -0.274. The minimum Gasteiger partial charge on any atom is -0.396 e. The van der Waals surface area contributed by atoms with Crippen LogP contribution >= 0.6 is 0 Å². The lowest BCUT2D eigenvalue weighted by atomic mass is 10.2. The normalized spacial score (nSPS) is 16.1. The Morgan fingerprint density at radius 1 is 1.37 bits per heavy atom. The molecule has 0 aromatic carbocycles. The maximum atomic E-state index is 12.8. The molecule has 1 unspecified atom stereocenters. The van der Waals surface area contributed by atoms with Gasteiger partial charge in [-0.3, -0.25) is 4.79 Å². The highest BCUT2D eigenvalue weighted by molar-refractivity contribution is 5.99. The summed E-state index contributed by atoms with van der Waals surface area (Å²) < 4.78 is 3.65. The fraction of sp³-hybridized carbons (Fsp3) is 0.500. The van der Waals surface area contributed by atoms with Crippen LogP contribution in [0, 0.1) is 0 Å². The van der Waals surface area contributed by atoms with Crippen molar-refractivity contribution in [1.82, 2.24) is 34.7 Å². The van der Waals surface area contributed by atoms with Crippen molar-refractivity contribution >= 4 is 11.6 Å². The molecule has 0 bridgehead atoms. The molecule has 9 heteroatoms. The van der Waals surface area contributed by atoms with Crippen LogP contribution in [-0.2, 0) is 6.42 Å². The van der Waals surface area contributed by atoms with Gasteiger partial charge in [0.25, 0.3) is 5.91 Å². The summed E-state index contributed by atoms with van der Waals surface area (Å²) in [5, 5.41) is 24.5. The van der Waals surface area contributed by atoms with Crippen LogP contribution in [0.15, 0.2) is 24.9 Å². The zero-order valence-corrected chi connectivity index (χ0v) is 15.2. The third-order valence-electron chi connectivity index (χ3n) is 5.11. The van der Waals surface area contributed by atoms with E-state index in [1.807, 2.05) is 6.92 Å². The second-order valence-corrected chi connectivity index (χ2v) is 6.99. The summed E-state index contributed by atoms with van der Waals surface area (Å²) in [5.74, 6) is 0.519. The van der Waals surface area contributed by atoms with E-state index in [2.05, 4.69) is 30.2 Å². The Balaban J connectivity index is 1.52. The van der Waals surface area contributed by atoms with Crippen LogP contribution in [0.25, 0.3) is 5.65 Å². The molecule has 1 saturated carbocycles. The maximum absolute atomic E-state index is 12.8. The largest absolute Gasteiger partial charge is 0.396 e. The second kappa shape index (κ2) is 7.43. The summed E-state index contributed by atoms with van der Waals surface area (Å²) in [4.78, 5) is 17.1. The summed E-state index contributed by atoms with van der Waals surface area (Å²) in [6.45, 7) is 1.95. The monoisotopic (exact) mass is 369 g/mol. The highest BCUT2D eigenvalue weighted by Gasteiger charge is 2.24. The fourth-order valence-corrected chi connectivity index (χ4v) is 3.70. The van der Waals surface area contributed by atoms with Gasteiger partial charge >= 0.3 is 0 Å². The van der Waals surface area contributed by atoms with Gasteiger partial charge in [-0.1, -0.05) is 12.8 Å². The van der Waals surface area contributed by atoms with E-state index in [0.29, 0.717) is 23.7 Å². The van der Waals surface area contributed by atoms with Crippen LogP contribution in [0.3, 0.4) is 0 Å². The van der Waals surface area contributed by atoms with Gasteiger partial charge in [-0.05, 0) is 31.7 Å². The Kier molecular flexibility index (Phi) is 4.85. The number of nitrogens with one attached hydrogen (secondary N) is 1. The molecule has 1 amide bonds. The number of hydrogen-bond donors (Lipinski definition) is 2. The number of hydrogen-bond acceptors (Lipinski definition) is 6. The first-order chi connectivity index (χ1) is 13.2. The molecule has 1 aliphatic carbocycles. The van der Waals surface area contributed by atoms with Crippen molar-refractivity contribution in [2.24, 2.45) is 0 Å². The van der Waals surface area contributed by atoms with Gasteiger partial charge in [-0.15, -0.1) is 10.2 Å². The third-order valence-corrected chi connectivity index (χ3v) is 5.11. The number of carbonyl (C=O) groups excluding carboxylic acids is 1. The van der Waals surface area contributed by atoms with E-state index in [1.165, 1.54) is 19.0 Å². The van der Waals surface area contributed by atoms with Crippen LogP contribution in [0.1, 0.15) is 66.4 Å². The van der Waals surface area contributed by atoms with Crippen LogP contribution in [0.4, 0.5) is 0 Å². The Hall–Kier alpha value is -2.81. The number of rotatable bonds is 6. The van der Waals surface area contributed by atoms with Crippen LogP contribution in [0.2, 0.25) is 0 Å². The van der Waals surface area contributed by atoms with Gasteiger partial charge in [0.15, 0.2) is 11.5 Å². The molecule has 1 atom stereocenters. The van der Waals surface area contributed by atoms with Crippen molar-refractivity contribution < 1.29 is 9.90 Å². The highest BCUT2D eigenvalue weighted by atomic mass is 16.3. The Morgan fingerprint density at radius 3 is 2.96 bits per heavy atom. The molecule has 9 nitrogen and oxygen atoms in total. The Labute approximate surface area is 156 Å². The van der Waals surface area contributed by atoms with Gasteiger partial charge < -0.3 is 15.0 Å². The predicted molar refractivity (Wildman–Crippen MR) is 97.2 cm³/mol. The first-order valence-corrected chi connectivity index (χ1v) is 9.30. The predicted octanol–water partition coefficient (Wildman–Crippen LogP) is 1.46. The number of aromatic nitrogens is 6. The maximum Gasteiger partial charge on any atom is 0.257 e. The average Bonchev–Trinajstić information content (AvgIpc) is 3.40. The molecule has 3 aromatic heterocycles. The summed E-state index contributed by atoms with van der Waals surface area (Å²) >= 11 is 0. The molecule has 0 saturated heterocycles. The van der Waals surface area contributed by atoms with E-state index in [1.54, 1.807) is 23.2 Å². The van der Waals surface area contributed by atoms with E-state index in [4.69, 9.17) is 5.11 Å². The van der Waals surface area contributed by atoms with E-state index in [-0.39, 0.29) is 18.6 Å². The summed E-state index contributed by atoms with van der Waals surface area (Å²) in [5.41, 5.74) is 1.75. The number of carbonyl (C=O) groups is 1. The molecule has 3 heterocycles. The average molecular weight is 369 g/mol. The van der Waals surface area contributed by atoms with E-state index < -0.39 is 0 Å². The zero-order valence-electron chi connectivity index (χ0n) is 15.2. The summed E-state index contributed by atoms with van der Waals surface area (Å²) in [6, 6.07) is 0.141.